The highest BCUT2D eigenvalue weighted by molar-refractivity contribution is 7.92. The molecule has 2 heterocycles. The van der Waals surface area contributed by atoms with Gasteiger partial charge in [-0.05, 0) is 48.1 Å². The van der Waals surface area contributed by atoms with Crippen molar-refractivity contribution < 1.29 is 41.0 Å². The Morgan fingerprint density at radius 1 is 1.18 bits per heavy atom. The van der Waals surface area contributed by atoms with Crippen LogP contribution in [0.2, 0.25) is 0 Å². The molecule has 0 bridgehead atoms. The zero-order valence-corrected chi connectivity index (χ0v) is 25.5. The predicted molar refractivity (Wildman–Crippen MR) is 162 cm³/mol. The van der Waals surface area contributed by atoms with Crippen molar-refractivity contribution in [1.82, 2.24) is 4.57 Å². The van der Waals surface area contributed by atoms with Crippen LogP contribution in [0.3, 0.4) is 0 Å². The first-order valence-corrected chi connectivity index (χ1v) is 16.0. The predicted octanol–water partition coefficient (Wildman–Crippen LogP) is 6.67. The summed E-state index contributed by atoms with van der Waals surface area (Å²) < 4.78 is 70.5. The summed E-state index contributed by atoms with van der Waals surface area (Å²) in [4.78, 5) is 18.4. The minimum atomic E-state index is -3.60. The second-order valence-electron chi connectivity index (χ2n) is 10.2. The number of carbonyl (C=O) groups excluding carboxylic acids is 1. The van der Waals surface area contributed by atoms with Crippen LogP contribution in [0.5, 0.6) is 11.5 Å². The summed E-state index contributed by atoms with van der Waals surface area (Å²) in [6.45, 7) is -3.05. The van der Waals surface area contributed by atoms with Gasteiger partial charge in [-0.25, -0.2) is 8.42 Å². The molecule has 1 saturated carbocycles. The van der Waals surface area contributed by atoms with Crippen LogP contribution in [0.25, 0.3) is 10.9 Å². The van der Waals surface area contributed by atoms with E-state index >= 15 is 0 Å². The van der Waals surface area contributed by atoms with Gasteiger partial charge in [-0.3, -0.25) is 9.52 Å². The van der Waals surface area contributed by atoms with Gasteiger partial charge in [-0.1, -0.05) is 52.6 Å². The number of esters is 1. The number of benzene rings is 2. The molecule has 15 heteroatoms. The van der Waals surface area contributed by atoms with Crippen LogP contribution in [-0.2, 0) is 30.9 Å². The highest BCUT2D eigenvalue weighted by atomic mass is 35.5. The Morgan fingerprint density at radius 2 is 1.95 bits per heavy atom. The van der Waals surface area contributed by atoms with Crippen LogP contribution < -0.4 is 14.2 Å². The summed E-state index contributed by atoms with van der Waals surface area (Å²) in [6, 6.07) is 11.2. The molecular weight excluding hydrogens is 643 g/mol. The second-order valence-corrected chi connectivity index (χ2v) is 12.8. The minimum absolute atomic E-state index is 0.0420. The quantitative estimate of drug-likeness (QED) is 0.202. The molecular formula is C29H27Cl2F2N3O7S. The van der Waals surface area contributed by atoms with Crippen LogP contribution in [0.15, 0.2) is 75.7 Å². The molecule has 10 nitrogen and oxygen atoms in total. The van der Waals surface area contributed by atoms with E-state index in [1.807, 2.05) is 0 Å². The average molecular weight is 671 g/mol. The fraction of sp³-hybridized carbons (Fsp3) is 0.310. The zero-order valence-electron chi connectivity index (χ0n) is 23.2. The van der Waals surface area contributed by atoms with E-state index in [0.29, 0.717) is 40.3 Å². The average Bonchev–Trinajstić information content (AvgIpc) is 3.75. The van der Waals surface area contributed by atoms with E-state index < -0.39 is 28.7 Å². The lowest BCUT2D eigenvalue weighted by Crippen LogP contribution is -2.18. The number of nitrogens with zero attached hydrogens (tertiary/aromatic N) is 2. The molecule has 0 radical (unpaired) electrons. The van der Waals surface area contributed by atoms with Crippen LogP contribution >= 0.6 is 23.2 Å². The Balaban J connectivity index is 1.47. The number of carbonyl (C=O) groups is 1. The number of alkyl halides is 2. The van der Waals surface area contributed by atoms with Gasteiger partial charge in [-0.15, -0.1) is 0 Å². The summed E-state index contributed by atoms with van der Waals surface area (Å²) in [5, 5.41) is 4.50. The van der Waals surface area contributed by atoms with E-state index in [9.17, 15) is 22.0 Å². The number of anilines is 1. The molecule has 234 valence electrons. The van der Waals surface area contributed by atoms with Crippen molar-refractivity contribution in [2.75, 3.05) is 17.6 Å². The largest absolute Gasteiger partial charge is 0.489 e. The van der Waals surface area contributed by atoms with Crippen LogP contribution in [0.4, 0.5) is 14.5 Å². The number of rotatable bonds is 13. The van der Waals surface area contributed by atoms with E-state index in [4.69, 9.17) is 37.5 Å². The van der Waals surface area contributed by atoms with E-state index in [1.165, 1.54) is 36.9 Å². The van der Waals surface area contributed by atoms with Gasteiger partial charge in [0.1, 0.15) is 18.9 Å². The Hall–Kier alpha value is -3.81. The number of aromatic nitrogens is 1. The molecule has 1 aliphatic carbocycles. The van der Waals surface area contributed by atoms with Crippen molar-refractivity contribution >= 4 is 62.0 Å². The van der Waals surface area contributed by atoms with Gasteiger partial charge in [0.25, 0.3) is 0 Å². The fourth-order valence-electron chi connectivity index (χ4n) is 4.54. The topological polar surface area (TPSA) is 117 Å². The van der Waals surface area contributed by atoms with E-state index in [1.54, 1.807) is 28.8 Å². The van der Waals surface area contributed by atoms with Crippen molar-refractivity contribution in [1.29, 1.82) is 0 Å². The standard InChI is InChI=1S/C29H27Cl2F2N3O7S/c1-44(38,39)35-23-13-36(24-5-3-2-4-19(23)24)14-28(37)42-26(11-20-21(30)12-34-41-16-22(20)31)18-8-9-25(43-29(32)33)27(10-18)40-15-17-6-7-17/h2-5,8-10,12-13,16-17,26,29,35H,6-7,11,14-15H2,1H3. The monoisotopic (exact) mass is 669 g/mol. The summed E-state index contributed by atoms with van der Waals surface area (Å²) in [5.74, 6) is -0.464. The van der Waals surface area contributed by atoms with Crippen molar-refractivity contribution in [3.8, 4) is 11.5 Å². The van der Waals surface area contributed by atoms with Crippen molar-refractivity contribution in [3.63, 3.8) is 0 Å². The van der Waals surface area contributed by atoms with Gasteiger partial charge in [0.05, 0.1) is 40.3 Å². The van der Waals surface area contributed by atoms with E-state index in [-0.39, 0.29) is 34.5 Å². The maximum absolute atomic E-state index is 13.4. The lowest BCUT2D eigenvalue weighted by atomic mass is 10.00. The summed E-state index contributed by atoms with van der Waals surface area (Å²) in [7, 11) is -3.60. The third-order valence-corrected chi connectivity index (χ3v) is 7.97. The Kier molecular flexibility index (Phi) is 9.66. The number of nitrogens with one attached hydrogen (secondary N) is 1. The fourth-order valence-corrected chi connectivity index (χ4v) is 5.59. The number of hydrogen-bond acceptors (Lipinski definition) is 8. The number of ether oxygens (including phenoxy) is 3. The molecule has 1 unspecified atom stereocenters. The lowest BCUT2D eigenvalue weighted by molar-refractivity contribution is -0.150. The molecule has 1 N–H and O–H groups in total. The first kappa shape index (κ1) is 31.6. The zero-order chi connectivity index (χ0) is 31.4. The van der Waals surface area contributed by atoms with Crippen LogP contribution in [0, 0.1) is 5.92 Å². The maximum atomic E-state index is 13.4. The SMILES string of the molecule is CS(=O)(=O)Nc1cn(CC(=O)OC(CC2=C(Cl)C=NOC=C2Cl)c2ccc(OC(F)F)c(OCC3CC3)c2)c2ccccc12. The third-order valence-electron chi connectivity index (χ3n) is 6.73. The Labute approximate surface area is 261 Å². The van der Waals surface area contributed by atoms with Gasteiger partial charge in [0.2, 0.25) is 10.0 Å². The van der Waals surface area contributed by atoms with Crippen LogP contribution in [0.1, 0.15) is 30.9 Å². The smallest absolute Gasteiger partial charge is 0.387 e. The summed E-state index contributed by atoms with van der Waals surface area (Å²) in [6.07, 6.45) is 5.82. The summed E-state index contributed by atoms with van der Waals surface area (Å²) >= 11 is 12.8. The minimum Gasteiger partial charge on any atom is -0.489 e. The number of oxime groups is 1. The van der Waals surface area contributed by atoms with Crippen molar-refractivity contribution in [2.45, 2.75) is 38.5 Å². The normalized spacial score (nSPS) is 15.9. The second kappa shape index (κ2) is 13.4. The van der Waals surface area contributed by atoms with Gasteiger partial charge >= 0.3 is 12.6 Å². The van der Waals surface area contributed by atoms with Gasteiger partial charge < -0.3 is 23.6 Å². The molecule has 0 amide bonds. The van der Waals surface area contributed by atoms with E-state index in [0.717, 1.165) is 19.1 Å². The molecule has 0 spiro atoms. The number of para-hydroxylation sites is 1. The molecule has 1 fully saturated rings. The molecule has 44 heavy (non-hydrogen) atoms. The number of sulfonamides is 1. The van der Waals surface area contributed by atoms with Gasteiger partial charge in [-0.2, -0.15) is 8.78 Å². The number of allylic oxidation sites excluding steroid dienone is 2. The lowest BCUT2D eigenvalue weighted by Gasteiger charge is -2.22. The third kappa shape index (κ3) is 8.21. The molecule has 5 rings (SSSR count). The van der Waals surface area contributed by atoms with Gasteiger partial charge in [0, 0.05) is 18.0 Å². The first-order valence-electron chi connectivity index (χ1n) is 13.4. The first-order chi connectivity index (χ1) is 21.0. The molecule has 3 aromatic rings. The van der Waals surface area contributed by atoms with Crippen molar-refractivity contribution in [3.05, 3.63) is 76.1 Å². The van der Waals surface area contributed by atoms with E-state index in [2.05, 4.69) is 14.6 Å². The molecule has 2 aromatic carbocycles. The Morgan fingerprint density at radius 3 is 2.68 bits per heavy atom. The highest BCUT2D eigenvalue weighted by Gasteiger charge is 2.27. The Bertz CT molecular complexity index is 1750. The molecule has 2 aliphatic rings. The van der Waals surface area contributed by atoms with Crippen LogP contribution in [-0.4, -0.2) is 44.6 Å². The number of halogens is 4. The molecule has 1 aromatic heterocycles. The summed E-state index contributed by atoms with van der Waals surface area (Å²) in [5.41, 5.74) is 1.63. The highest BCUT2D eigenvalue weighted by Crippen LogP contribution is 2.39. The molecule has 1 aliphatic heterocycles. The van der Waals surface area contributed by atoms with Crippen molar-refractivity contribution in [2.24, 2.45) is 11.1 Å². The maximum Gasteiger partial charge on any atom is 0.387 e. The van der Waals surface area contributed by atoms with Gasteiger partial charge in [0.15, 0.2) is 11.5 Å². The molecule has 1 atom stereocenters. The molecule has 0 saturated heterocycles. The number of fused-ring (bicyclic) bond motifs is 1. The number of hydrogen-bond donors (Lipinski definition) is 1.